The first-order chi connectivity index (χ1) is 8.15. The van der Waals surface area contributed by atoms with Crippen LogP contribution >= 0.6 is 23.2 Å². The van der Waals surface area contributed by atoms with Crippen LogP contribution < -0.4 is 4.74 Å². The molecule has 1 heterocycles. The normalized spacial score (nSPS) is 10.3. The molecule has 0 radical (unpaired) electrons. The molecule has 0 unspecified atom stereocenters. The number of pyridine rings is 1. The summed E-state index contributed by atoms with van der Waals surface area (Å²) in [6.07, 6.45) is 0. The van der Waals surface area contributed by atoms with Gasteiger partial charge in [0.2, 0.25) is 0 Å². The van der Waals surface area contributed by atoms with E-state index in [-0.39, 0.29) is 12.4 Å². The molecule has 2 rings (SSSR count). The van der Waals surface area contributed by atoms with Crippen LogP contribution in [0.1, 0.15) is 5.69 Å². The van der Waals surface area contributed by atoms with E-state index < -0.39 is 0 Å². The Kier molecular flexibility index (Phi) is 3.82. The summed E-state index contributed by atoms with van der Waals surface area (Å²) in [5.74, 6) is 0.237. The molecule has 2 aromatic rings. The highest BCUT2D eigenvalue weighted by atomic mass is 35.5. The summed E-state index contributed by atoms with van der Waals surface area (Å²) in [4.78, 5) is 4.04. The SMILES string of the molecule is Fc1ccc(OCc2nc(Cl)ccc2Cl)cc1. The van der Waals surface area contributed by atoms with Gasteiger partial charge in [-0.3, -0.25) is 0 Å². The third-order valence-electron chi connectivity index (χ3n) is 2.07. The van der Waals surface area contributed by atoms with E-state index in [1.54, 1.807) is 12.1 Å². The molecule has 0 aliphatic carbocycles. The molecule has 0 spiro atoms. The van der Waals surface area contributed by atoms with Gasteiger partial charge < -0.3 is 4.74 Å². The van der Waals surface area contributed by atoms with Gasteiger partial charge >= 0.3 is 0 Å². The lowest BCUT2D eigenvalue weighted by molar-refractivity contribution is 0.301. The Morgan fingerprint density at radius 2 is 1.76 bits per heavy atom. The van der Waals surface area contributed by atoms with Crippen molar-refractivity contribution in [3.63, 3.8) is 0 Å². The molecule has 0 bridgehead atoms. The topological polar surface area (TPSA) is 22.1 Å². The van der Waals surface area contributed by atoms with Crippen molar-refractivity contribution >= 4 is 23.2 Å². The second-order valence-electron chi connectivity index (χ2n) is 3.31. The fourth-order valence-electron chi connectivity index (χ4n) is 1.24. The maximum absolute atomic E-state index is 12.7. The number of hydrogen-bond donors (Lipinski definition) is 0. The fourth-order valence-corrected chi connectivity index (χ4v) is 1.57. The molecule has 0 aliphatic rings. The smallest absolute Gasteiger partial charge is 0.132 e. The second kappa shape index (κ2) is 5.34. The van der Waals surface area contributed by atoms with Crippen LogP contribution in [0.15, 0.2) is 36.4 Å². The molecule has 1 aromatic heterocycles. The summed E-state index contributed by atoms with van der Waals surface area (Å²) in [5.41, 5.74) is 0.545. The average Bonchev–Trinajstić information content (AvgIpc) is 2.32. The molecule has 17 heavy (non-hydrogen) atoms. The lowest BCUT2D eigenvalue weighted by atomic mass is 10.3. The number of rotatable bonds is 3. The van der Waals surface area contributed by atoms with Gasteiger partial charge in [0.25, 0.3) is 0 Å². The number of hydrogen-bond acceptors (Lipinski definition) is 2. The standard InChI is InChI=1S/C12H8Cl2FNO/c13-10-5-6-12(14)16-11(10)7-17-9-3-1-8(15)2-4-9/h1-6H,7H2. The zero-order valence-electron chi connectivity index (χ0n) is 8.66. The Morgan fingerprint density at radius 1 is 1.06 bits per heavy atom. The highest BCUT2D eigenvalue weighted by Gasteiger charge is 2.04. The maximum Gasteiger partial charge on any atom is 0.132 e. The molecule has 0 fully saturated rings. The highest BCUT2D eigenvalue weighted by Crippen LogP contribution is 2.19. The van der Waals surface area contributed by atoms with Gasteiger partial charge in [0.05, 0.1) is 10.7 Å². The minimum Gasteiger partial charge on any atom is -0.487 e. The zero-order valence-corrected chi connectivity index (χ0v) is 10.2. The zero-order chi connectivity index (χ0) is 12.3. The predicted octanol–water partition coefficient (Wildman–Crippen LogP) is 4.11. The van der Waals surface area contributed by atoms with E-state index in [0.717, 1.165) is 0 Å². The molecule has 88 valence electrons. The predicted molar refractivity (Wildman–Crippen MR) is 65.0 cm³/mol. The van der Waals surface area contributed by atoms with Crippen molar-refractivity contribution in [3.8, 4) is 5.75 Å². The third-order valence-corrected chi connectivity index (χ3v) is 2.63. The van der Waals surface area contributed by atoms with Crippen LogP contribution in [-0.4, -0.2) is 4.98 Å². The number of aromatic nitrogens is 1. The summed E-state index contributed by atoms with van der Waals surface area (Å²) < 4.78 is 18.1. The van der Waals surface area contributed by atoms with Gasteiger partial charge in [0, 0.05) is 0 Å². The van der Waals surface area contributed by atoms with Crippen LogP contribution in [0.4, 0.5) is 4.39 Å². The highest BCUT2D eigenvalue weighted by molar-refractivity contribution is 6.32. The molecule has 0 N–H and O–H groups in total. The second-order valence-corrected chi connectivity index (χ2v) is 4.10. The van der Waals surface area contributed by atoms with Crippen molar-refractivity contribution in [2.45, 2.75) is 6.61 Å². The van der Waals surface area contributed by atoms with Gasteiger partial charge in [-0.15, -0.1) is 0 Å². The first kappa shape index (κ1) is 12.1. The summed E-state index contributed by atoms with van der Waals surface area (Å²) in [6, 6.07) is 8.97. The van der Waals surface area contributed by atoms with Crippen LogP contribution in [0.25, 0.3) is 0 Å². The largest absolute Gasteiger partial charge is 0.487 e. The molecule has 0 atom stereocenters. The van der Waals surface area contributed by atoms with E-state index >= 15 is 0 Å². The Bertz CT molecular complexity index is 516. The summed E-state index contributed by atoms with van der Waals surface area (Å²) in [6.45, 7) is 0.186. The van der Waals surface area contributed by atoms with Crippen molar-refractivity contribution < 1.29 is 9.13 Å². The number of ether oxygens (including phenoxy) is 1. The Balaban J connectivity index is 2.07. The van der Waals surface area contributed by atoms with Crippen molar-refractivity contribution in [1.82, 2.24) is 4.98 Å². The van der Waals surface area contributed by atoms with Crippen molar-refractivity contribution in [2.24, 2.45) is 0 Å². The minimum atomic E-state index is -0.309. The quantitative estimate of drug-likeness (QED) is 0.784. The maximum atomic E-state index is 12.7. The Labute approximate surface area is 108 Å². The van der Waals surface area contributed by atoms with Crippen LogP contribution in [0.3, 0.4) is 0 Å². The van der Waals surface area contributed by atoms with E-state index in [4.69, 9.17) is 27.9 Å². The first-order valence-corrected chi connectivity index (χ1v) is 5.60. The molecule has 0 saturated carbocycles. The lowest BCUT2D eigenvalue weighted by Gasteiger charge is -2.07. The van der Waals surface area contributed by atoms with Gasteiger partial charge in [-0.05, 0) is 36.4 Å². The van der Waals surface area contributed by atoms with Crippen LogP contribution in [0.5, 0.6) is 5.75 Å². The minimum absolute atomic E-state index is 0.186. The Hall–Kier alpha value is -1.32. The lowest BCUT2D eigenvalue weighted by Crippen LogP contribution is -1.99. The fraction of sp³-hybridized carbons (Fsp3) is 0.0833. The molecular weight excluding hydrogens is 264 g/mol. The number of halogens is 3. The third kappa shape index (κ3) is 3.32. The molecule has 1 aromatic carbocycles. The molecule has 0 aliphatic heterocycles. The summed E-state index contributed by atoms with van der Waals surface area (Å²) in [5, 5.41) is 0.837. The average molecular weight is 272 g/mol. The van der Waals surface area contributed by atoms with Gasteiger partial charge in [-0.25, -0.2) is 9.37 Å². The first-order valence-electron chi connectivity index (χ1n) is 4.84. The van der Waals surface area contributed by atoms with Gasteiger partial charge in [0.1, 0.15) is 23.3 Å². The monoisotopic (exact) mass is 271 g/mol. The van der Waals surface area contributed by atoms with E-state index in [1.165, 1.54) is 24.3 Å². The van der Waals surface area contributed by atoms with Gasteiger partial charge in [-0.1, -0.05) is 23.2 Å². The van der Waals surface area contributed by atoms with Crippen molar-refractivity contribution in [3.05, 3.63) is 58.1 Å². The van der Waals surface area contributed by atoms with Gasteiger partial charge in [0.15, 0.2) is 0 Å². The molecule has 5 heteroatoms. The summed E-state index contributed by atoms with van der Waals surface area (Å²) >= 11 is 11.7. The van der Waals surface area contributed by atoms with E-state index in [0.29, 0.717) is 21.6 Å². The Morgan fingerprint density at radius 3 is 2.47 bits per heavy atom. The van der Waals surface area contributed by atoms with Crippen LogP contribution in [0.2, 0.25) is 10.2 Å². The molecule has 0 amide bonds. The molecule has 0 saturated heterocycles. The van der Waals surface area contributed by atoms with E-state index in [9.17, 15) is 4.39 Å². The van der Waals surface area contributed by atoms with E-state index in [1.807, 2.05) is 0 Å². The molecule has 2 nitrogen and oxygen atoms in total. The summed E-state index contributed by atoms with van der Waals surface area (Å²) in [7, 11) is 0. The number of nitrogens with zero attached hydrogens (tertiary/aromatic N) is 1. The van der Waals surface area contributed by atoms with E-state index in [2.05, 4.69) is 4.98 Å². The molecular formula is C12H8Cl2FNO. The van der Waals surface area contributed by atoms with Crippen LogP contribution in [-0.2, 0) is 6.61 Å². The van der Waals surface area contributed by atoms with Gasteiger partial charge in [-0.2, -0.15) is 0 Å². The van der Waals surface area contributed by atoms with Crippen LogP contribution in [0, 0.1) is 5.82 Å². The number of benzene rings is 1. The van der Waals surface area contributed by atoms with Crippen molar-refractivity contribution in [1.29, 1.82) is 0 Å². The van der Waals surface area contributed by atoms with Crippen molar-refractivity contribution in [2.75, 3.05) is 0 Å².